The molecule has 148 valence electrons. The second-order valence-corrected chi connectivity index (χ2v) is 7.01. The summed E-state index contributed by atoms with van der Waals surface area (Å²) in [5.74, 6) is 1.50. The summed E-state index contributed by atoms with van der Waals surface area (Å²) in [6.07, 6.45) is 5.39. The lowest BCUT2D eigenvalue weighted by molar-refractivity contribution is 0.0733. The fraction of sp³-hybridized carbons (Fsp3) is 0.947. The molecule has 0 aromatic heterocycles. The summed E-state index contributed by atoms with van der Waals surface area (Å²) in [5, 5.41) is 6.70. The number of hydrogen-bond acceptors (Lipinski definition) is 4. The molecule has 6 nitrogen and oxygen atoms in total. The van der Waals surface area contributed by atoms with E-state index in [0.29, 0.717) is 31.8 Å². The van der Waals surface area contributed by atoms with Crippen LogP contribution < -0.4 is 10.6 Å². The molecule has 0 spiro atoms. The van der Waals surface area contributed by atoms with Crippen molar-refractivity contribution in [1.82, 2.24) is 15.5 Å². The molecule has 1 unspecified atom stereocenters. The molecule has 1 saturated heterocycles. The standard InChI is InChI=1S/C19H40N4O2/c1-5-20-19(21-10-13-25-15-14-24-4)22-16-18(17(2)3)23-11-8-6-7-9-12-23/h17-18H,5-16H2,1-4H3,(H2,20,21,22). The Kier molecular flexibility index (Phi) is 12.7. The fourth-order valence-electron chi connectivity index (χ4n) is 3.19. The van der Waals surface area contributed by atoms with Gasteiger partial charge in [-0.05, 0) is 38.8 Å². The Bertz CT molecular complexity index is 342. The van der Waals surface area contributed by atoms with E-state index in [1.807, 2.05) is 0 Å². The first-order valence-electron chi connectivity index (χ1n) is 10.0. The molecule has 2 N–H and O–H groups in total. The summed E-state index contributed by atoms with van der Waals surface area (Å²) in [6, 6.07) is 0.520. The monoisotopic (exact) mass is 356 g/mol. The molecule has 1 aliphatic heterocycles. The van der Waals surface area contributed by atoms with Crippen molar-refractivity contribution in [3.8, 4) is 0 Å². The minimum atomic E-state index is 0.520. The maximum absolute atomic E-state index is 5.50. The Morgan fingerprint density at radius 1 is 1.04 bits per heavy atom. The summed E-state index contributed by atoms with van der Waals surface area (Å²) < 4.78 is 10.5. The Labute approximate surface area is 154 Å². The van der Waals surface area contributed by atoms with Gasteiger partial charge in [0.1, 0.15) is 0 Å². The van der Waals surface area contributed by atoms with Gasteiger partial charge in [0, 0.05) is 26.2 Å². The number of ether oxygens (including phenoxy) is 2. The van der Waals surface area contributed by atoms with E-state index in [0.717, 1.165) is 25.6 Å². The maximum atomic E-state index is 5.50. The Hall–Kier alpha value is -0.850. The first kappa shape index (κ1) is 22.2. The highest BCUT2D eigenvalue weighted by atomic mass is 16.5. The molecule has 0 amide bonds. The van der Waals surface area contributed by atoms with E-state index in [9.17, 15) is 0 Å². The van der Waals surface area contributed by atoms with Crippen molar-refractivity contribution in [2.24, 2.45) is 10.9 Å². The normalized spacial score (nSPS) is 18.2. The summed E-state index contributed by atoms with van der Waals surface area (Å²) in [4.78, 5) is 7.50. The molecule has 0 bridgehead atoms. The van der Waals surface area contributed by atoms with Crippen LogP contribution in [0.4, 0.5) is 0 Å². The number of aliphatic imine (C=N–C) groups is 1. The average Bonchev–Trinajstić information content (AvgIpc) is 2.87. The highest BCUT2D eigenvalue weighted by molar-refractivity contribution is 5.79. The van der Waals surface area contributed by atoms with Crippen molar-refractivity contribution in [2.45, 2.75) is 52.5 Å². The van der Waals surface area contributed by atoms with Crippen LogP contribution in [0.3, 0.4) is 0 Å². The van der Waals surface area contributed by atoms with Crippen molar-refractivity contribution >= 4 is 5.96 Å². The second-order valence-electron chi connectivity index (χ2n) is 7.01. The Balaban J connectivity index is 2.47. The number of rotatable bonds is 11. The van der Waals surface area contributed by atoms with Crippen molar-refractivity contribution in [3.05, 3.63) is 0 Å². The summed E-state index contributed by atoms with van der Waals surface area (Å²) >= 11 is 0. The van der Waals surface area contributed by atoms with Crippen LogP contribution in [0.25, 0.3) is 0 Å². The molecular weight excluding hydrogens is 316 g/mol. The van der Waals surface area contributed by atoms with E-state index < -0.39 is 0 Å². The number of methoxy groups -OCH3 is 1. The first-order valence-corrected chi connectivity index (χ1v) is 10.0. The molecule has 1 atom stereocenters. The zero-order valence-electron chi connectivity index (χ0n) is 16.9. The molecule has 0 radical (unpaired) electrons. The largest absolute Gasteiger partial charge is 0.382 e. The molecule has 1 rings (SSSR count). The highest BCUT2D eigenvalue weighted by Gasteiger charge is 2.22. The lowest BCUT2D eigenvalue weighted by Gasteiger charge is -2.32. The van der Waals surface area contributed by atoms with Gasteiger partial charge >= 0.3 is 0 Å². The maximum Gasteiger partial charge on any atom is 0.191 e. The van der Waals surface area contributed by atoms with E-state index in [1.54, 1.807) is 7.11 Å². The van der Waals surface area contributed by atoms with Crippen LogP contribution in [0.1, 0.15) is 46.5 Å². The molecule has 0 saturated carbocycles. The Morgan fingerprint density at radius 3 is 2.36 bits per heavy atom. The summed E-state index contributed by atoms with van der Waals surface area (Å²) in [5.41, 5.74) is 0. The molecule has 1 fully saturated rings. The number of nitrogens with one attached hydrogen (secondary N) is 2. The highest BCUT2D eigenvalue weighted by Crippen LogP contribution is 2.17. The van der Waals surface area contributed by atoms with Gasteiger partial charge in [-0.1, -0.05) is 26.7 Å². The molecule has 0 aliphatic carbocycles. The van der Waals surface area contributed by atoms with Gasteiger partial charge in [-0.15, -0.1) is 0 Å². The van der Waals surface area contributed by atoms with Crippen molar-refractivity contribution in [3.63, 3.8) is 0 Å². The lowest BCUT2D eigenvalue weighted by Crippen LogP contribution is -2.44. The van der Waals surface area contributed by atoms with Crippen LogP contribution >= 0.6 is 0 Å². The topological polar surface area (TPSA) is 58.1 Å². The predicted molar refractivity (Wildman–Crippen MR) is 105 cm³/mol. The van der Waals surface area contributed by atoms with E-state index >= 15 is 0 Å². The third kappa shape index (κ3) is 10.0. The van der Waals surface area contributed by atoms with Gasteiger partial charge in [-0.2, -0.15) is 0 Å². The summed E-state index contributed by atoms with van der Waals surface area (Å²) in [6.45, 7) is 13.6. The zero-order chi connectivity index (χ0) is 18.3. The fourth-order valence-corrected chi connectivity index (χ4v) is 3.19. The van der Waals surface area contributed by atoms with Crippen molar-refractivity contribution < 1.29 is 9.47 Å². The molecule has 25 heavy (non-hydrogen) atoms. The number of guanidine groups is 1. The van der Waals surface area contributed by atoms with Crippen molar-refractivity contribution in [1.29, 1.82) is 0 Å². The van der Waals surface area contributed by atoms with Crippen LogP contribution in [0.5, 0.6) is 0 Å². The summed E-state index contributed by atoms with van der Waals surface area (Å²) in [7, 11) is 1.69. The van der Waals surface area contributed by atoms with Gasteiger partial charge in [0.2, 0.25) is 0 Å². The van der Waals surface area contributed by atoms with E-state index in [4.69, 9.17) is 14.5 Å². The quantitative estimate of drug-likeness (QED) is 0.337. The Morgan fingerprint density at radius 2 is 1.76 bits per heavy atom. The van der Waals surface area contributed by atoms with Gasteiger partial charge in [0.25, 0.3) is 0 Å². The number of hydrogen-bond donors (Lipinski definition) is 2. The molecule has 1 heterocycles. The van der Waals surface area contributed by atoms with Gasteiger partial charge in [0.05, 0.1) is 26.4 Å². The molecule has 0 aromatic carbocycles. The molecule has 0 aromatic rings. The minimum absolute atomic E-state index is 0.520. The van der Waals surface area contributed by atoms with Crippen LogP contribution in [0.15, 0.2) is 4.99 Å². The van der Waals surface area contributed by atoms with Gasteiger partial charge in [0.15, 0.2) is 5.96 Å². The smallest absolute Gasteiger partial charge is 0.191 e. The second kappa shape index (κ2) is 14.3. The van der Waals surface area contributed by atoms with Gasteiger partial charge < -0.3 is 20.1 Å². The number of likely N-dealkylation sites (tertiary alicyclic amines) is 1. The SMILES string of the molecule is CCNC(=NCC(C(C)C)N1CCCCCC1)NCCOCCOC. The lowest BCUT2D eigenvalue weighted by atomic mass is 10.0. The van der Waals surface area contributed by atoms with Crippen LogP contribution in [0.2, 0.25) is 0 Å². The van der Waals surface area contributed by atoms with Gasteiger partial charge in [-0.3, -0.25) is 9.89 Å². The number of nitrogens with zero attached hydrogens (tertiary/aromatic N) is 2. The zero-order valence-corrected chi connectivity index (χ0v) is 16.9. The first-order chi connectivity index (χ1) is 12.2. The van der Waals surface area contributed by atoms with Gasteiger partial charge in [-0.25, -0.2) is 0 Å². The van der Waals surface area contributed by atoms with Crippen LogP contribution in [0, 0.1) is 5.92 Å². The average molecular weight is 357 g/mol. The third-order valence-corrected chi connectivity index (χ3v) is 4.63. The minimum Gasteiger partial charge on any atom is -0.382 e. The predicted octanol–water partition coefficient (Wildman–Crippen LogP) is 2.11. The van der Waals surface area contributed by atoms with E-state index in [-0.39, 0.29) is 0 Å². The van der Waals surface area contributed by atoms with E-state index in [2.05, 4.69) is 36.3 Å². The van der Waals surface area contributed by atoms with E-state index in [1.165, 1.54) is 38.8 Å². The molecule has 6 heteroatoms. The molecule has 1 aliphatic rings. The van der Waals surface area contributed by atoms with Crippen LogP contribution in [-0.2, 0) is 9.47 Å². The molecular formula is C19H40N4O2. The third-order valence-electron chi connectivity index (χ3n) is 4.63. The van der Waals surface area contributed by atoms with Crippen molar-refractivity contribution in [2.75, 3.05) is 59.7 Å². The van der Waals surface area contributed by atoms with Crippen LogP contribution in [-0.4, -0.2) is 76.6 Å².